The normalized spacial score (nSPS) is 15.0. The second-order valence-electron chi connectivity index (χ2n) is 7.45. The Balaban J connectivity index is 1.56. The van der Waals surface area contributed by atoms with Gasteiger partial charge in [-0.3, -0.25) is 29.6 Å². The highest BCUT2D eigenvalue weighted by atomic mass is 35.5. The molecule has 1 fully saturated rings. The minimum atomic E-state index is -0.840. The molecule has 180 valence electrons. The molecule has 3 rings (SSSR count). The molecule has 2 N–H and O–H groups in total. The lowest BCUT2D eigenvalue weighted by molar-refractivity contribution is -0.151. The first-order chi connectivity index (χ1) is 16.2. The summed E-state index contributed by atoms with van der Waals surface area (Å²) in [5.41, 5.74) is 3.77. The Bertz CT molecular complexity index is 1100. The Labute approximate surface area is 201 Å². The minimum absolute atomic E-state index is 0.101. The molecule has 3 amide bonds. The Morgan fingerprint density at radius 2 is 1.74 bits per heavy atom. The third-order valence-corrected chi connectivity index (χ3v) is 5.65. The fourth-order valence-electron chi connectivity index (χ4n) is 3.41. The molecule has 0 aliphatic carbocycles. The van der Waals surface area contributed by atoms with E-state index in [1.165, 1.54) is 14.2 Å². The maximum Gasteiger partial charge on any atom is 0.311 e. The van der Waals surface area contributed by atoms with E-state index in [-0.39, 0.29) is 30.0 Å². The van der Waals surface area contributed by atoms with E-state index >= 15 is 0 Å². The van der Waals surface area contributed by atoms with Crippen molar-refractivity contribution < 1.29 is 33.4 Å². The molecule has 2 aromatic carbocycles. The van der Waals surface area contributed by atoms with Crippen LogP contribution in [-0.2, 0) is 19.1 Å². The zero-order valence-corrected chi connectivity index (χ0v) is 19.6. The first kappa shape index (κ1) is 24.8. The monoisotopic (exact) mass is 489 g/mol. The molecule has 11 heteroatoms. The minimum Gasteiger partial charge on any atom is -0.496 e. The molecule has 0 radical (unpaired) electrons. The van der Waals surface area contributed by atoms with Gasteiger partial charge in [-0.25, -0.2) is 0 Å². The van der Waals surface area contributed by atoms with Crippen LogP contribution in [0.1, 0.15) is 22.3 Å². The van der Waals surface area contributed by atoms with Crippen LogP contribution >= 0.6 is 11.6 Å². The summed E-state index contributed by atoms with van der Waals surface area (Å²) in [5, 5.41) is 4.15. The first-order valence-electron chi connectivity index (χ1n) is 10.3. The molecule has 1 saturated heterocycles. The van der Waals surface area contributed by atoms with Gasteiger partial charge in [-0.05, 0) is 36.8 Å². The topological polar surface area (TPSA) is 123 Å². The second kappa shape index (κ2) is 10.9. The van der Waals surface area contributed by atoms with E-state index in [0.717, 1.165) is 5.01 Å². The van der Waals surface area contributed by atoms with Gasteiger partial charge < -0.3 is 19.5 Å². The van der Waals surface area contributed by atoms with Crippen molar-refractivity contribution in [2.24, 2.45) is 5.92 Å². The standard InChI is InChI=1S/C23H24ClN3O7/c1-13-15(24)6-4-7-16(13)25-19(28)12-34-23(31)14-10-20(29)27(11-14)26-22(30)21-17(32-2)8-5-9-18(21)33-3/h4-9,14H,10-12H2,1-3H3,(H,25,28)(H,26,30)/t14-/m1/s1. The average molecular weight is 490 g/mol. The quantitative estimate of drug-likeness (QED) is 0.545. The third kappa shape index (κ3) is 5.57. The van der Waals surface area contributed by atoms with Gasteiger partial charge in [0.05, 0.1) is 26.7 Å². The number of rotatable bonds is 8. The molecule has 1 heterocycles. The molecule has 0 unspecified atom stereocenters. The first-order valence-corrected chi connectivity index (χ1v) is 10.7. The number of carbonyl (C=O) groups is 4. The summed E-state index contributed by atoms with van der Waals surface area (Å²) >= 11 is 6.03. The number of hydrogen-bond acceptors (Lipinski definition) is 7. The van der Waals surface area contributed by atoms with Crippen molar-refractivity contribution in [2.75, 3.05) is 32.7 Å². The van der Waals surface area contributed by atoms with E-state index in [1.807, 2.05) is 0 Å². The van der Waals surface area contributed by atoms with Crippen LogP contribution < -0.4 is 20.2 Å². The van der Waals surface area contributed by atoms with Crippen molar-refractivity contribution in [2.45, 2.75) is 13.3 Å². The van der Waals surface area contributed by atoms with Crippen LogP contribution in [0, 0.1) is 12.8 Å². The van der Waals surface area contributed by atoms with Crippen molar-refractivity contribution in [1.29, 1.82) is 0 Å². The van der Waals surface area contributed by atoms with Crippen molar-refractivity contribution in [3.63, 3.8) is 0 Å². The number of nitrogens with zero attached hydrogens (tertiary/aromatic N) is 1. The molecule has 1 atom stereocenters. The van der Waals surface area contributed by atoms with Crippen LogP contribution in [0.3, 0.4) is 0 Å². The highest BCUT2D eigenvalue weighted by Gasteiger charge is 2.37. The van der Waals surface area contributed by atoms with E-state index in [0.29, 0.717) is 16.3 Å². The molecule has 1 aliphatic heterocycles. The van der Waals surface area contributed by atoms with Crippen LogP contribution in [0.15, 0.2) is 36.4 Å². The number of anilines is 1. The van der Waals surface area contributed by atoms with Crippen molar-refractivity contribution >= 4 is 41.0 Å². The number of benzene rings is 2. The number of esters is 1. The summed E-state index contributed by atoms with van der Waals surface area (Å²) in [6.07, 6.45) is -0.169. The molecule has 0 spiro atoms. The second-order valence-corrected chi connectivity index (χ2v) is 7.86. The van der Waals surface area contributed by atoms with Crippen molar-refractivity contribution in [3.05, 3.63) is 52.5 Å². The molecule has 34 heavy (non-hydrogen) atoms. The molecule has 1 aliphatic rings. The number of halogens is 1. The number of nitrogens with one attached hydrogen (secondary N) is 2. The van der Waals surface area contributed by atoms with Crippen LogP contribution in [0.4, 0.5) is 5.69 Å². The summed E-state index contributed by atoms with van der Waals surface area (Å²) in [6.45, 7) is 1.12. The number of amides is 3. The van der Waals surface area contributed by atoms with Gasteiger partial charge in [-0.1, -0.05) is 23.7 Å². The lowest BCUT2D eigenvalue weighted by atomic mass is 10.1. The van der Waals surface area contributed by atoms with Gasteiger partial charge in [0.15, 0.2) is 6.61 Å². The lowest BCUT2D eigenvalue weighted by Gasteiger charge is -2.19. The van der Waals surface area contributed by atoms with Gasteiger partial charge in [0.1, 0.15) is 17.1 Å². The molecule has 2 aromatic rings. The number of hydrogen-bond donors (Lipinski definition) is 2. The van der Waals surface area contributed by atoms with Gasteiger partial charge in [-0.15, -0.1) is 0 Å². The van der Waals surface area contributed by atoms with Crippen molar-refractivity contribution in [3.8, 4) is 11.5 Å². The maximum absolute atomic E-state index is 12.8. The fourth-order valence-corrected chi connectivity index (χ4v) is 3.59. The maximum atomic E-state index is 12.8. The van der Waals surface area contributed by atoms with Crippen LogP contribution in [0.2, 0.25) is 5.02 Å². The summed E-state index contributed by atoms with van der Waals surface area (Å²) in [7, 11) is 2.81. The van der Waals surface area contributed by atoms with Gasteiger partial charge in [-0.2, -0.15) is 0 Å². The number of carbonyl (C=O) groups excluding carboxylic acids is 4. The zero-order valence-electron chi connectivity index (χ0n) is 18.8. The summed E-state index contributed by atoms with van der Waals surface area (Å²) in [6, 6.07) is 9.88. The molecule has 0 aromatic heterocycles. The summed E-state index contributed by atoms with van der Waals surface area (Å²) < 4.78 is 15.5. The highest BCUT2D eigenvalue weighted by molar-refractivity contribution is 6.31. The Morgan fingerprint density at radius 3 is 2.38 bits per heavy atom. The molecule has 10 nitrogen and oxygen atoms in total. The molecular formula is C23H24ClN3O7. The van der Waals surface area contributed by atoms with Gasteiger partial charge in [0.2, 0.25) is 5.91 Å². The molecular weight excluding hydrogens is 466 g/mol. The molecule has 0 bridgehead atoms. The molecule has 0 saturated carbocycles. The summed E-state index contributed by atoms with van der Waals surface area (Å²) in [4.78, 5) is 49.7. The van der Waals surface area contributed by atoms with E-state index in [9.17, 15) is 19.2 Å². The number of ether oxygens (including phenoxy) is 3. The fraction of sp³-hybridized carbons (Fsp3) is 0.304. The SMILES string of the molecule is COc1cccc(OC)c1C(=O)NN1C[C@H](C(=O)OCC(=O)Nc2cccc(Cl)c2C)CC1=O. The Hall–Kier alpha value is -3.79. The van der Waals surface area contributed by atoms with Crippen LogP contribution in [0.5, 0.6) is 11.5 Å². The number of hydrazine groups is 1. The average Bonchev–Trinajstić information content (AvgIpc) is 3.19. The van der Waals surface area contributed by atoms with Gasteiger partial charge in [0.25, 0.3) is 11.8 Å². The van der Waals surface area contributed by atoms with Gasteiger partial charge >= 0.3 is 5.97 Å². The Kier molecular flexibility index (Phi) is 7.95. The van der Waals surface area contributed by atoms with Gasteiger partial charge in [0, 0.05) is 17.1 Å². The number of methoxy groups -OCH3 is 2. The predicted octanol–water partition coefficient (Wildman–Crippen LogP) is 2.34. The highest BCUT2D eigenvalue weighted by Crippen LogP contribution is 2.28. The smallest absolute Gasteiger partial charge is 0.311 e. The van der Waals surface area contributed by atoms with Crippen molar-refractivity contribution in [1.82, 2.24) is 10.4 Å². The van der Waals surface area contributed by atoms with Crippen LogP contribution in [-0.4, -0.2) is 56.1 Å². The van der Waals surface area contributed by atoms with E-state index in [2.05, 4.69) is 10.7 Å². The third-order valence-electron chi connectivity index (χ3n) is 5.24. The lowest BCUT2D eigenvalue weighted by Crippen LogP contribution is -2.43. The largest absolute Gasteiger partial charge is 0.496 e. The zero-order chi connectivity index (χ0) is 24.8. The van der Waals surface area contributed by atoms with E-state index in [4.69, 9.17) is 25.8 Å². The predicted molar refractivity (Wildman–Crippen MR) is 123 cm³/mol. The summed E-state index contributed by atoms with van der Waals surface area (Å²) in [5.74, 6) is -2.68. The van der Waals surface area contributed by atoms with Crippen LogP contribution in [0.25, 0.3) is 0 Å². The van der Waals surface area contributed by atoms with E-state index in [1.54, 1.807) is 43.3 Å². The van der Waals surface area contributed by atoms with E-state index < -0.39 is 36.2 Å². The Morgan fingerprint density at radius 1 is 1.09 bits per heavy atom.